The SMILES string of the molecule is COC(=O)[C@]1(CC[C@]2(C)CC(=O)C=C3[C@@]4(C)C=C(F)C(=O)C(C)(C)[C@@H]4CC[C@]32C)CCC(C)(C)CC1C. The molecule has 2 saturated carbocycles. The fourth-order valence-electron chi connectivity index (χ4n) is 9.24. The van der Waals surface area contributed by atoms with Crippen molar-refractivity contribution in [3.05, 3.63) is 23.6 Å². The molecule has 4 nitrogen and oxygen atoms in total. The molecule has 37 heavy (non-hydrogen) atoms. The summed E-state index contributed by atoms with van der Waals surface area (Å²) in [7, 11) is 1.49. The van der Waals surface area contributed by atoms with Crippen molar-refractivity contribution >= 4 is 17.5 Å². The molecule has 1 unspecified atom stereocenters. The molecular weight excluding hydrogens is 467 g/mol. The van der Waals surface area contributed by atoms with E-state index < -0.39 is 27.9 Å². The summed E-state index contributed by atoms with van der Waals surface area (Å²) in [6.45, 7) is 16.9. The Balaban J connectivity index is 1.73. The van der Waals surface area contributed by atoms with E-state index in [2.05, 4.69) is 34.6 Å². The van der Waals surface area contributed by atoms with Gasteiger partial charge in [0.2, 0.25) is 0 Å². The van der Waals surface area contributed by atoms with Crippen LogP contribution in [0.5, 0.6) is 0 Å². The highest BCUT2D eigenvalue weighted by Crippen LogP contribution is 2.69. The van der Waals surface area contributed by atoms with Crippen LogP contribution in [0, 0.1) is 44.3 Å². The van der Waals surface area contributed by atoms with Gasteiger partial charge >= 0.3 is 5.97 Å². The molecule has 0 amide bonds. The summed E-state index contributed by atoms with van der Waals surface area (Å²) in [6.07, 6.45) is 9.46. The first kappa shape index (κ1) is 28.2. The molecule has 0 aromatic heterocycles. The summed E-state index contributed by atoms with van der Waals surface area (Å²) in [5.74, 6) is -1.07. The van der Waals surface area contributed by atoms with Crippen LogP contribution in [0.4, 0.5) is 4.39 Å². The van der Waals surface area contributed by atoms with Gasteiger partial charge in [0, 0.05) is 17.3 Å². The number of ketones is 2. The van der Waals surface area contributed by atoms with E-state index in [-0.39, 0.29) is 39.8 Å². The summed E-state index contributed by atoms with van der Waals surface area (Å²) < 4.78 is 20.5. The topological polar surface area (TPSA) is 60.4 Å². The van der Waals surface area contributed by atoms with Crippen molar-refractivity contribution in [2.24, 2.45) is 44.3 Å². The Morgan fingerprint density at radius 3 is 2.27 bits per heavy atom. The van der Waals surface area contributed by atoms with E-state index in [9.17, 15) is 14.4 Å². The molecule has 0 spiro atoms. The van der Waals surface area contributed by atoms with E-state index in [1.165, 1.54) is 13.2 Å². The van der Waals surface area contributed by atoms with E-state index in [1.54, 1.807) is 6.08 Å². The van der Waals surface area contributed by atoms with Crippen LogP contribution in [0.25, 0.3) is 0 Å². The number of Topliss-reactive ketones (excluding diaryl/α,β-unsaturated/α-hetero) is 1. The number of methoxy groups -OCH3 is 1. The van der Waals surface area contributed by atoms with Gasteiger partial charge in [-0.1, -0.05) is 61.0 Å². The molecule has 0 N–H and O–H groups in total. The molecule has 4 rings (SSSR count). The van der Waals surface area contributed by atoms with Gasteiger partial charge in [-0.15, -0.1) is 0 Å². The zero-order valence-electron chi connectivity index (χ0n) is 24.5. The number of rotatable bonds is 4. The predicted octanol–water partition coefficient (Wildman–Crippen LogP) is 7.56. The number of esters is 1. The van der Waals surface area contributed by atoms with Crippen molar-refractivity contribution in [1.29, 1.82) is 0 Å². The standard InChI is InChI=1S/C32H47FO4/c1-20-17-27(2,3)12-14-32(20,26(36)37-9)15-13-29(6)18-21(34)16-24-30(7)19-22(33)25(35)28(4,5)23(30)10-11-31(24,29)8/h16,19-20,23H,10-15,17-18H2,1-9H3/t20?,23-,29+,30-,31+,32-/m0/s1. The van der Waals surface area contributed by atoms with Crippen LogP contribution < -0.4 is 0 Å². The first-order chi connectivity index (χ1) is 16.9. The molecule has 6 atom stereocenters. The second-order valence-corrected chi connectivity index (χ2v) is 14.9. The van der Waals surface area contributed by atoms with Crippen LogP contribution in [0.1, 0.15) is 107 Å². The van der Waals surface area contributed by atoms with Crippen molar-refractivity contribution in [2.45, 2.75) is 107 Å². The molecular formula is C32H47FO4. The number of halogens is 1. The maximum absolute atomic E-state index is 15.1. The Morgan fingerprint density at radius 1 is 1.03 bits per heavy atom. The normalized spacial score (nSPS) is 42.8. The van der Waals surface area contributed by atoms with Gasteiger partial charge in [-0.2, -0.15) is 0 Å². The highest BCUT2D eigenvalue weighted by molar-refractivity contribution is 5.99. The minimum atomic E-state index is -0.827. The average Bonchev–Trinajstić information content (AvgIpc) is 2.78. The largest absolute Gasteiger partial charge is 0.469 e. The maximum atomic E-state index is 15.1. The second-order valence-electron chi connectivity index (χ2n) is 14.9. The number of ether oxygens (including phenoxy) is 1. The molecule has 0 saturated heterocycles. The first-order valence-corrected chi connectivity index (χ1v) is 14.2. The van der Waals surface area contributed by atoms with Crippen LogP contribution in [-0.4, -0.2) is 24.6 Å². The number of carbonyl (C=O) groups excluding carboxylic acids is 3. The fourth-order valence-corrected chi connectivity index (χ4v) is 9.24. The second kappa shape index (κ2) is 8.61. The number of carbonyl (C=O) groups is 3. The lowest BCUT2D eigenvalue weighted by molar-refractivity contribution is -0.163. The Kier molecular flexibility index (Phi) is 6.57. The predicted molar refractivity (Wildman–Crippen MR) is 143 cm³/mol. The average molecular weight is 515 g/mol. The highest BCUT2D eigenvalue weighted by atomic mass is 19.1. The third-order valence-corrected chi connectivity index (χ3v) is 11.9. The summed E-state index contributed by atoms with van der Waals surface area (Å²) in [5.41, 5.74) is -1.64. The smallest absolute Gasteiger partial charge is 0.312 e. The Hall–Kier alpha value is -1.78. The van der Waals surface area contributed by atoms with E-state index in [0.29, 0.717) is 12.8 Å². The van der Waals surface area contributed by atoms with Gasteiger partial charge in [0.15, 0.2) is 17.4 Å². The Labute approximate surface area is 222 Å². The number of fused-ring (bicyclic) bond motifs is 3. The van der Waals surface area contributed by atoms with Crippen molar-refractivity contribution < 1.29 is 23.5 Å². The number of hydrogen-bond donors (Lipinski definition) is 0. The third-order valence-electron chi connectivity index (χ3n) is 11.9. The van der Waals surface area contributed by atoms with Gasteiger partial charge in [0.25, 0.3) is 0 Å². The molecule has 0 heterocycles. The molecule has 0 radical (unpaired) electrons. The van der Waals surface area contributed by atoms with Crippen molar-refractivity contribution in [3.63, 3.8) is 0 Å². The van der Waals surface area contributed by atoms with Crippen LogP contribution in [-0.2, 0) is 19.1 Å². The quantitative estimate of drug-likeness (QED) is 0.363. The van der Waals surface area contributed by atoms with Gasteiger partial charge in [0.05, 0.1) is 12.5 Å². The Morgan fingerprint density at radius 2 is 1.68 bits per heavy atom. The van der Waals surface area contributed by atoms with Crippen molar-refractivity contribution in [2.75, 3.05) is 7.11 Å². The van der Waals surface area contributed by atoms with E-state index in [1.807, 2.05) is 20.8 Å². The summed E-state index contributed by atoms with van der Waals surface area (Å²) in [5, 5.41) is 0. The molecule has 4 aliphatic carbocycles. The molecule has 0 aromatic rings. The zero-order chi connectivity index (χ0) is 27.8. The molecule has 206 valence electrons. The van der Waals surface area contributed by atoms with Crippen LogP contribution in [0.3, 0.4) is 0 Å². The molecule has 4 aliphatic rings. The van der Waals surface area contributed by atoms with Gasteiger partial charge in [-0.3, -0.25) is 14.4 Å². The van der Waals surface area contributed by atoms with Gasteiger partial charge in [-0.25, -0.2) is 4.39 Å². The van der Waals surface area contributed by atoms with Gasteiger partial charge in [-0.05, 0) is 85.2 Å². The van der Waals surface area contributed by atoms with E-state index >= 15 is 4.39 Å². The van der Waals surface area contributed by atoms with Crippen molar-refractivity contribution in [3.8, 4) is 0 Å². The van der Waals surface area contributed by atoms with E-state index in [4.69, 9.17) is 4.74 Å². The first-order valence-electron chi connectivity index (χ1n) is 14.2. The molecule has 0 bridgehead atoms. The lowest BCUT2D eigenvalue weighted by Gasteiger charge is -2.63. The zero-order valence-corrected chi connectivity index (χ0v) is 24.5. The number of allylic oxidation sites excluding steroid dienone is 4. The minimum absolute atomic E-state index is 0.0605. The molecule has 0 aromatic carbocycles. The van der Waals surface area contributed by atoms with Crippen LogP contribution in [0.2, 0.25) is 0 Å². The lowest BCUT2D eigenvalue weighted by Crippen LogP contribution is -2.58. The minimum Gasteiger partial charge on any atom is -0.469 e. The van der Waals surface area contributed by atoms with Crippen LogP contribution >= 0.6 is 0 Å². The van der Waals surface area contributed by atoms with Crippen molar-refractivity contribution in [1.82, 2.24) is 0 Å². The van der Waals surface area contributed by atoms with E-state index in [0.717, 1.165) is 44.1 Å². The monoisotopic (exact) mass is 514 g/mol. The fraction of sp³-hybridized carbons (Fsp3) is 0.781. The maximum Gasteiger partial charge on any atom is 0.312 e. The Bertz CT molecular complexity index is 1080. The molecule has 2 fully saturated rings. The van der Waals surface area contributed by atoms with Gasteiger partial charge < -0.3 is 4.74 Å². The summed E-state index contributed by atoms with van der Waals surface area (Å²) in [6, 6.07) is 0. The third kappa shape index (κ3) is 4.00. The molecule has 5 heteroatoms. The number of hydrogen-bond acceptors (Lipinski definition) is 4. The molecule has 0 aliphatic heterocycles. The summed E-state index contributed by atoms with van der Waals surface area (Å²) >= 11 is 0. The summed E-state index contributed by atoms with van der Waals surface area (Å²) in [4.78, 5) is 39.4. The van der Waals surface area contributed by atoms with Gasteiger partial charge in [0.1, 0.15) is 0 Å². The van der Waals surface area contributed by atoms with Crippen LogP contribution in [0.15, 0.2) is 23.6 Å². The lowest BCUT2D eigenvalue weighted by atomic mass is 9.40. The highest BCUT2D eigenvalue weighted by Gasteiger charge is 2.64.